The summed E-state index contributed by atoms with van der Waals surface area (Å²) in [5, 5.41) is 16.8. The molecule has 1 aliphatic rings. The summed E-state index contributed by atoms with van der Waals surface area (Å²) in [6.45, 7) is 4.73. The van der Waals surface area contributed by atoms with E-state index in [0.717, 1.165) is 13.1 Å². The predicted molar refractivity (Wildman–Crippen MR) is 73.6 cm³/mol. The Bertz CT molecular complexity index is 514. The summed E-state index contributed by atoms with van der Waals surface area (Å²) in [6, 6.07) is 2.90. The van der Waals surface area contributed by atoms with Gasteiger partial charge in [-0.05, 0) is 13.0 Å². The van der Waals surface area contributed by atoms with Gasteiger partial charge in [-0.15, -0.1) is 0 Å². The highest BCUT2D eigenvalue weighted by Crippen LogP contribution is 2.17. The third kappa shape index (κ3) is 3.41. The summed E-state index contributed by atoms with van der Waals surface area (Å²) in [7, 11) is 0. The molecular formula is C12H17N5O3. The number of aromatic nitrogens is 1. The van der Waals surface area contributed by atoms with Gasteiger partial charge in [0.2, 0.25) is 5.91 Å². The molecule has 0 saturated carbocycles. The Kier molecular flexibility index (Phi) is 4.46. The number of hydrogen-bond donors (Lipinski definition) is 2. The van der Waals surface area contributed by atoms with Crippen LogP contribution in [0.15, 0.2) is 12.1 Å². The first-order chi connectivity index (χ1) is 9.58. The molecule has 2 heterocycles. The van der Waals surface area contributed by atoms with Crippen LogP contribution in [0, 0.1) is 17.0 Å². The Balaban J connectivity index is 1.92. The molecule has 0 radical (unpaired) electrons. The summed E-state index contributed by atoms with van der Waals surface area (Å²) in [5.41, 5.74) is 0.304. The van der Waals surface area contributed by atoms with Crippen molar-refractivity contribution >= 4 is 17.4 Å². The SMILES string of the molecule is Cc1nc(NCC(=O)N2CCNCC2)ccc1[N+](=O)[O-]. The van der Waals surface area contributed by atoms with Gasteiger partial charge >= 0.3 is 0 Å². The van der Waals surface area contributed by atoms with Gasteiger partial charge in [0.15, 0.2) is 0 Å². The summed E-state index contributed by atoms with van der Waals surface area (Å²) >= 11 is 0. The van der Waals surface area contributed by atoms with Gasteiger partial charge in [-0.2, -0.15) is 0 Å². The lowest BCUT2D eigenvalue weighted by molar-refractivity contribution is -0.385. The van der Waals surface area contributed by atoms with Crippen LogP contribution in [0.2, 0.25) is 0 Å². The first kappa shape index (κ1) is 14.2. The Morgan fingerprint density at radius 2 is 2.20 bits per heavy atom. The molecule has 2 N–H and O–H groups in total. The Hall–Kier alpha value is -2.22. The number of rotatable bonds is 4. The summed E-state index contributed by atoms with van der Waals surface area (Å²) in [5.74, 6) is 0.473. The molecule has 1 aliphatic heterocycles. The average Bonchev–Trinajstić information content (AvgIpc) is 2.45. The third-order valence-corrected chi connectivity index (χ3v) is 3.15. The van der Waals surface area contributed by atoms with Gasteiger partial charge in [-0.3, -0.25) is 14.9 Å². The van der Waals surface area contributed by atoms with Crippen molar-refractivity contribution in [2.75, 3.05) is 38.0 Å². The number of aryl methyl sites for hydroxylation is 1. The minimum atomic E-state index is -0.474. The second-order valence-electron chi connectivity index (χ2n) is 4.54. The normalized spacial score (nSPS) is 14.9. The number of piperazine rings is 1. The van der Waals surface area contributed by atoms with Crippen LogP contribution in [-0.4, -0.2) is 53.4 Å². The molecule has 0 aliphatic carbocycles. The fourth-order valence-electron chi connectivity index (χ4n) is 2.04. The van der Waals surface area contributed by atoms with Crippen molar-refractivity contribution < 1.29 is 9.72 Å². The zero-order chi connectivity index (χ0) is 14.5. The Morgan fingerprint density at radius 3 is 2.80 bits per heavy atom. The van der Waals surface area contributed by atoms with Crippen molar-refractivity contribution in [3.63, 3.8) is 0 Å². The molecule has 0 spiro atoms. The number of pyridine rings is 1. The van der Waals surface area contributed by atoms with Crippen LogP contribution in [0.25, 0.3) is 0 Å². The molecule has 0 atom stereocenters. The van der Waals surface area contributed by atoms with E-state index in [1.165, 1.54) is 12.1 Å². The van der Waals surface area contributed by atoms with Gasteiger partial charge in [-0.25, -0.2) is 4.98 Å². The first-order valence-electron chi connectivity index (χ1n) is 6.42. The predicted octanol–water partition coefficient (Wildman–Crippen LogP) is 0.142. The number of hydrogen-bond acceptors (Lipinski definition) is 6. The molecule has 0 unspecified atom stereocenters. The summed E-state index contributed by atoms with van der Waals surface area (Å²) in [6.07, 6.45) is 0. The van der Waals surface area contributed by atoms with Crippen molar-refractivity contribution in [3.05, 3.63) is 27.9 Å². The maximum absolute atomic E-state index is 11.9. The lowest BCUT2D eigenvalue weighted by atomic mass is 10.3. The van der Waals surface area contributed by atoms with Gasteiger partial charge in [-0.1, -0.05) is 0 Å². The van der Waals surface area contributed by atoms with Gasteiger partial charge in [0.25, 0.3) is 5.69 Å². The van der Waals surface area contributed by atoms with Crippen LogP contribution < -0.4 is 10.6 Å². The minimum absolute atomic E-state index is 0.00399. The first-order valence-corrected chi connectivity index (χ1v) is 6.42. The lowest BCUT2D eigenvalue weighted by Gasteiger charge is -2.27. The number of carbonyl (C=O) groups excluding carboxylic acids is 1. The zero-order valence-electron chi connectivity index (χ0n) is 11.3. The minimum Gasteiger partial charge on any atom is -0.361 e. The second-order valence-corrected chi connectivity index (χ2v) is 4.54. The van der Waals surface area contributed by atoms with Gasteiger partial charge in [0.1, 0.15) is 11.5 Å². The number of nitrogens with zero attached hydrogens (tertiary/aromatic N) is 3. The maximum Gasteiger partial charge on any atom is 0.290 e. The van der Waals surface area contributed by atoms with Crippen LogP contribution in [-0.2, 0) is 4.79 Å². The van der Waals surface area contributed by atoms with Crippen molar-refractivity contribution in [1.29, 1.82) is 0 Å². The van der Waals surface area contributed by atoms with Crippen LogP contribution in [0.5, 0.6) is 0 Å². The summed E-state index contributed by atoms with van der Waals surface area (Å²) < 4.78 is 0. The van der Waals surface area contributed by atoms with Gasteiger partial charge in [0, 0.05) is 32.2 Å². The zero-order valence-corrected chi connectivity index (χ0v) is 11.3. The second kappa shape index (κ2) is 6.29. The number of amides is 1. The molecule has 0 bridgehead atoms. The van der Waals surface area contributed by atoms with E-state index in [0.29, 0.717) is 24.6 Å². The fraction of sp³-hybridized carbons (Fsp3) is 0.500. The van der Waals surface area contributed by atoms with E-state index in [4.69, 9.17) is 0 Å². The summed E-state index contributed by atoms with van der Waals surface area (Å²) in [4.78, 5) is 28.0. The highest BCUT2D eigenvalue weighted by Gasteiger charge is 2.16. The fourth-order valence-corrected chi connectivity index (χ4v) is 2.04. The van der Waals surface area contributed by atoms with E-state index in [9.17, 15) is 14.9 Å². The number of nitro groups is 1. The Labute approximate surface area is 116 Å². The number of carbonyl (C=O) groups is 1. The van der Waals surface area contributed by atoms with E-state index in [1.807, 2.05) is 0 Å². The maximum atomic E-state index is 11.9. The molecule has 108 valence electrons. The van der Waals surface area contributed by atoms with Crippen molar-refractivity contribution in [1.82, 2.24) is 15.2 Å². The molecule has 2 rings (SSSR count). The lowest BCUT2D eigenvalue weighted by Crippen LogP contribution is -2.48. The smallest absolute Gasteiger partial charge is 0.290 e. The topological polar surface area (TPSA) is 100 Å². The van der Waals surface area contributed by atoms with E-state index in [1.54, 1.807) is 11.8 Å². The van der Waals surface area contributed by atoms with Crippen LogP contribution in [0.1, 0.15) is 5.69 Å². The molecule has 8 nitrogen and oxygen atoms in total. The molecule has 1 amide bonds. The number of nitrogens with one attached hydrogen (secondary N) is 2. The highest BCUT2D eigenvalue weighted by atomic mass is 16.6. The van der Waals surface area contributed by atoms with Crippen LogP contribution in [0.3, 0.4) is 0 Å². The number of anilines is 1. The van der Waals surface area contributed by atoms with E-state index in [-0.39, 0.29) is 18.1 Å². The third-order valence-electron chi connectivity index (χ3n) is 3.15. The molecule has 1 aromatic heterocycles. The van der Waals surface area contributed by atoms with Crippen LogP contribution >= 0.6 is 0 Å². The molecule has 0 aromatic carbocycles. The quantitative estimate of drug-likeness (QED) is 0.600. The monoisotopic (exact) mass is 279 g/mol. The van der Waals surface area contributed by atoms with Crippen molar-refractivity contribution in [3.8, 4) is 0 Å². The van der Waals surface area contributed by atoms with E-state index < -0.39 is 4.92 Å². The van der Waals surface area contributed by atoms with Gasteiger partial charge in [0.05, 0.1) is 11.5 Å². The van der Waals surface area contributed by atoms with E-state index >= 15 is 0 Å². The van der Waals surface area contributed by atoms with E-state index in [2.05, 4.69) is 15.6 Å². The van der Waals surface area contributed by atoms with Crippen LogP contribution in [0.4, 0.5) is 11.5 Å². The van der Waals surface area contributed by atoms with Gasteiger partial charge < -0.3 is 15.5 Å². The molecule has 1 saturated heterocycles. The molecule has 1 fully saturated rings. The van der Waals surface area contributed by atoms with Crippen molar-refractivity contribution in [2.45, 2.75) is 6.92 Å². The van der Waals surface area contributed by atoms with Crippen molar-refractivity contribution in [2.24, 2.45) is 0 Å². The molecule has 8 heteroatoms. The largest absolute Gasteiger partial charge is 0.361 e. The Morgan fingerprint density at radius 1 is 1.50 bits per heavy atom. The standard InChI is InChI=1S/C12H17N5O3/c1-9-10(17(19)20)2-3-11(15-9)14-8-12(18)16-6-4-13-5-7-16/h2-3,13H,4-8H2,1H3,(H,14,15). The highest BCUT2D eigenvalue weighted by molar-refractivity contribution is 5.80. The molecule has 1 aromatic rings. The molecular weight excluding hydrogens is 262 g/mol. The average molecular weight is 279 g/mol. The molecule has 20 heavy (non-hydrogen) atoms.